The van der Waals surface area contributed by atoms with E-state index < -0.39 is 17.0 Å². The minimum absolute atomic E-state index is 0.0857. The van der Waals surface area contributed by atoms with E-state index in [-0.39, 0.29) is 22.9 Å². The van der Waals surface area contributed by atoms with Crippen LogP contribution in [0.3, 0.4) is 0 Å². The van der Waals surface area contributed by atoms with Crippen LogP contribution in [-0.2, 0) is 19.1 Å². The lowest BCUT2D eigenvalue weighted by molar-refractivity contribution is -0.181. The molecule has 0 heterocycles. The summed E-state index contributed by atoms with van der Waals surface area (Å²) in [5, 5.41) is 0. The van der Waals surface area contributed by atoms with E-state index in [9.17, 15) is 14.4 Å². The lowest BCUT2D eigenvalue weighted by Gasteiger charge is -2.58. The third-order valence-corrected chi connectivity index (χ3v) is 8.91. The SMILES string of the molecule is C=C1C[C@@H]2[C@@H]3CCC4=CC(=O)CC[C@]4(C)[C@H]3CC[C@]2(C)[C@]1(OC(C)=O)C(C)=O. The Morgan fingerprint density at radius 1 is 1.11 bits per heavy atom. The van der Waals surface area contributed by atoms with Gasteiger partial charge in [-0.3, -0.25) is 14.4 Å². The Balaban J connectivity index is 1.75. The summed E-state index contributed by atoms with van der Waals surface area (Å²) in [7, 11) is 0. The number of rotatable bonds is 2. The van der Waals surface area contributed by atoms with Gasteiger partial charge in [0.15, 0.2) is 17.2 Å². The molecule has 0 bridgehead atoms. The molecule has 0 N–H and O–H groups in total. The number of Topliss-reactive ketones (excluding diaryl/α,β-unsaturated/α-hetero) is 1. The predicted molar refractivity (Wildman–Crippen MR) is 106 cm³/mol. The van der Waals surface area contributed by atoms with Crippen LogP contribution in [0, 0.1) is 28.6 Å². The fraction of sp³-hybridized carbons (Fsp3) is 0.708. The molecule has 3 saturated carbocycles. The van der Waals surface area contributed by atoms with E-state index in [1.807, 2.05) is 6.08 Å². The number of hydrogen-bond acceptors (Lipinski definition) is 4. The second kappa shape index (κ2) is 6.14. The highest BCUT2D eigenvalue weighted by Gasteiger charge is 2.69. The van der Waals surface area contributed by atoms with Crippen molar-refractivity contribution in [2.75, 3.05) is 0 Å². The van der Waals surface area contributed by atoms with Gasteiger partial charge in [0.1, 0.15) is 0 Å². The lowest BCUT2D eigenvalue weighted by Crippen LogP contribution is -2.59. The first-order chi connectivity index (χ1) is 13.1. The maximum absolute atomic E-state index is 12.9. The summed E-state index contributed by atoms with van der Waals surface area (Å²) in [6, 6.07) is 0. The zero-order valence-corrected chi connectivity index (χ0v) is 17.6. The quantitative estimate of drug-likeness (QED) is 0.517. The van der Waals surface area contributed by atoms with Crippen molar-refractivity contribution in [3.05, 3.63) is 23.8 Å². The second-order valence-electron chi connectivity index (χ2n) is 10.1. The van der Waals surface area contributed by atoms with Crippen molar-refractivity contribution in [2.45, 2.75) is 78.2 Å². The molecule has 4 aliphatic carbocycles. The molecule has 4 heteroatoms. The van der Waals surface area contributed by atoms with Crippen molar-refractivity contribution >= 4 is 17.5 Å². The zero-order valence-electron chi connectivity index (χ0n) is 17.6. The summed E-state index contributed by atoms with van der Waals surface area (Å²) in [5.74, 6) is 1.05. The van der Waals surface area contributed by atoms with Gasteiger partial charge < -0.3 is 4.74 Å². The van der Waals surface area contributed by atoms with E-state index in [0.717, 1.165) is 44.1 Å². The molecule has 0 saturated heterocycles. The van der Waals surface area contributed by atoms with Crippen molar-refractivity contribution in [1.29, 1.82) is 0 Å². The van der Waals surface area contributed by atoms with E-state index in [0.29, 0.717) is 18.3 Å². The van der Waals surface area contributed by atoms with Crippen molar-refractivity contribution in [2.24, 2.45) is 28.6 Å². The molecule has 0 aromatic heterocycles. The molecule has 0 amide bonds. The third kappa shape index (κ3) is 2.32. The smallest absolute Gasteiger partial charge is 0.303 e. The van der Waals surface area contributed by atoms with Gasteiger partial charge in [0.25, 0.3) is 0 Å². The first-order valence-electron chi connectivity index (χ1n) is 10.7. The molecule has 4 rings (SSSR count). The molecule has 0 spiro atoms. The molecular formula is C24H32O4. The molecule has 152 valence electrons. The van der Waals surface area contributed by atoms with Crippen LogP contribution in [-0.4, -0.2) is 23.1 Å². The maximum atomic E-state index is 12.9. The predicted octanol–water partition coefficient (Wildman–Crippen LogP) is 4.58. The van der Waals surface area contributed by atoms with Gasteiger partial charge >= 0.3 is 5.97 Å². The van der Waals surface area contributed by atoms with Crippen LogP contribution in [0.5, 0.6) is 0 Å². The van der Waals surface area contributed by atoms with E-state index in [1.54, 1.807) is 6.92 Å². The molecule has 0 unspecified atom stereocenters. The van der Waals surface area contributed by atoms with E-state index in [2.05, 4.69) is 20.4 Å². The van der Waals surface area contributed by atoms with Crippen molar-refractivity contribution in [3.63, 3.8) is 0 Å². The largest absolute Gasteiger partial charge is 0.446 e. The Bertz CT molecular complexity index is 807. The molecular weight excluding hydrogens is 352 g/mol. The summed E-state index contributed by atoms with van der Waals surface area (Å²) in [5.41, 5.74) is 0.609. The number of carbonyl (C=O) groups is 3. The molecule has 4 nitrogen and oxygen atoms in total. The molecule has 0 radical (unpaired) electrons. The van der Waals surface area contributed by atoms with Crippen molar-refractivity contribution in [1.82, 2.24) is 0 Å². The Morgan fingerprint density at radius 2 is 1.82 bits per heavy atom. The van der Waals surface area contributed by atoms with Gasteiger partial charge in [-0.1, -0.05) is 26.0 Å². The minimum Gasteiger partial charge on any atom is -0.446 e. The summed E-state index contributed by atoms with van der Waals surface area (Å²) < 4.78 is 5.83. The van der Waals surface area contributed by atoms with Crippen LogP contribution in [0.1, 0.15) is 72.6 Å². The van der Waals surface area contributed by atoms with Crippen LogP contribution in [0.4, 0.5) is 0 Å². The van der Waals surface area contributed by atoms with Crippen molar-refractivity contribution < 1.29 is 19.1 Å². The first-order valence-corrected chi connectivity index (χ1v) is 10.7. The fourth-order valence-electron chi connectivity index (χ4n) is 7.63. The Morgan fingerprint density at radius 3 is 2.46 bits per heavy atom. The van der Waals surface area contributed by atoms with E-state index in [1.165, 1.54) is 12.5 Å². The highest BCUT2D eigenvalue weighted by Crippen LogP contribution is 2.69. The van der Waals surface area contributed by atoms with Gasteiger partial charge in [0, 0.05) is 18.8 Å². The van der Waals surface area contributed by atoms with Crippen LogP contribution in [0.25, 0.3) is 0 Å². The van der Waals surface area contributed by atoms with Gasteiger partial charge in [0.2, 0.25) is 0 Å². The van der Waals surface area contributed by atoms with E-state index in [4.69, 9.17) is 4.74 Å². The number of ketones is 2. The molecule has 0 aromatic carbocycles. The van der Waals surface area contributed by atoms with E-state index >= 15 is 0 Å². The minimum atomic E-state index is -1.19. The number of carbonyl (C=O) groups excluding carboxylic acids is 3. The monoisotopic (exact) mass is 384 g/mol. The van der Waals surface area contributed by atoms with Crippen molar-refractivity contribution in [3.8, 4) is 0 Å². The maximum Gasteiger partial charge on any atom is 0.303 e. The number of fused-ring (bicyclic) bond motifs is 5. The molecule has 28 heavy (non-hydrogen) atoms. The number of esters is 1. The van der Waals surface area contributed by atoms with Gasteiger partial charge in [-0.2, -0.15) is 0 Å². The fourth-order valence-corrected chi connectivity index (χ4v) is 7.63. The summed E-state index contributed by atoms with van der Waals surface area (Å²) in [4.78, 5) is 36.8. The van der Waals surface area contributed by atoms with Crippen LogP contribution >= 0.6 is 0 Å². The topological polar surface area (TPSA) is 60.4 Å². The van der Waals surface area contributed by atoms with Gasteiger partial charge in [-0.25, -0.2) is 0 Å². The van der Waals surface area contributed by atoms with Crippen LogP contribution in [0.2, 0.25) is 0 Å². The highest BCUT2D eigenvalue weighted by atomic mass is 16.6. The van der Waals surface area contributed by atoms with Crippen LogP contribution < -0.4 is 0 Å². The summed E-state index contributed by atoms with van der Waals surface area (Å²) in [6.45, 7) is 11.7. The molecule has 0 aromatic rings. The number of allylic oxidation sites excluding steroid dienone is 1. The Kier molecular flexibility index (Phi) is 4.30. The Labute approximate surface area is 167 Å². The normalized spacial score (nSPS) is 44.9. The molecule has 6 atom stereocenters. The van der Waals surface area contributed by atoms with Gasteiger partial charge in [-0.05, 0) is 80.3 Å². The number of hydrogen-bond donors (Lipinski definition) is 0. The molecule has 4 aliphatic rings. The molecule has 3 fully saturated rings. The first kappa shape index (κ1) is 19.6. The Hall–Kier alpha value is -1.71. The molecule has 0 aliphatic heterocycles. The average Bonchev–Trinajstić information content (AvgIpc) is 2.83. The number of ether oxygens (including phenoxy) is 1. The summed E-state index contributed by atoms with van der Waals surface area (Å²) in [6.07, 6.45) is 8.10. The van der Waals surface area contributed by atoms with Gasteiger partial charge in [-0.15, -0.1) is 0 Å². The lowest BCUT2D eigenvalue weighted by atomic mass is 9.46. The standard InChI is InChI=1S/C24H32O4/c1-14-12-21-19-7-6-17-13-18(27)8-10-22(17,4)20(19)9-11-23(21,5)24(14,15(2)25)28-16(3)26/h13,19-21H,1,6-12H2,2-5H3/t19-,20+,21-,22+,23+,24-/m1/s1. The summed E-state index contributed by atoms with van der Waals surface area (Å²) >= 11 is 0. The average molecular weight is 385 g/mol. The highest BCUT2D eigenvalue weighted by molar-refractivity contribution is 5.93. The third-order valence-electron chi connectivity index (χ3n) is 8.91. The second-order valence-corrected chi connectivity index (χ2v) is 10.1. The zero-order chi connectivity index (χ0) is 20.5. The van der Waals surface area contributed by atoms with Gasteiger partial charge in [0.05, 0.1) is 0 Å². The van der Waals surface area contributed by atoms with Crippen LogP contribution in [0.15, 0.2) is 23.8 Å².